The predicted octanol–water partition coefficient (Wildman–Crippen LogP) is 4.11. The molecule has 0 saturated carbocycles. The zero-order valence-electron chi connectivity index (χ0n) is 15.0. The molecule has 7 heteroatoms. The number of benzene rings is 1. The maximum absolute atomic E-state index is 12.2. The van der Waals surface area contributed by atoms with Crippen LogP contribution in [-0.4, -0.2) is 40.8 Å². The monoisotopic (exact) mass is 414 g/mol. The summed E-state index contributed by atoms with van der Waals surface area (Å²) < 4.78 is 6.31. The molecule has 0 aliphatic carbocycles. The molecule has 1 aliphatic heterocycles. The molecule has 6 nitrogen and oxygen atoms in total. The second kappa shape index (κ2) is 8.67. The van der Waals surface area contributed by atoms with E-state index in [0.29, 0.717) is 25.9 Å². The second-order valence-electron chi connectivity index (χ2n) is 7.25. The molecule has 140 valence electrons. The van der Waals surface area contributed by atoms with Crippen LogP contribution >= 0.6 is 15.9 Å². The number of ether oxygens (including phenoxy) is 1. The van der Waals surface area contributed by atoms with Gasteiger partial charge in [-0.25, -0.2) is 4.79 Å². The molecule has 0 spiro atoms. The number of likely N-dealkylation sites (tertiary alicyclic amines) is 1. The van der Waals surface area contributed by atoms with Crippen LogP contribution in [0.1, 0.15) is 32.8 Å². The number of carboxylic acid groups (broad SMARTS) is 1. The predicted molar refractivity (Wildman–Crippen MR) is 99.9 cm³/mol. The SMILES string of the molecule is CC(C)(C)OC(=O)N1CC[C@@H]([C@@H](Cc2cccc(Br)c2)C(=O)O)C1.N. The van der Waals surface area contributed by atoms with Crippen molar-refractivity contribution in [3.63, 3.8) is 0 Å². The van der Waals surface area contributed by atoms with Gasteiger partial charge in [-0.05, 0) is 57.2 Å². The van der Waals surface area contributed by atoms with E-state index < -0.39 is 17.5 Å². The Morgan fingerprint density at radius 3 is 2.64 bits per heavy atom. The number of nitrogens with zero attached hydrogens (tertiary/aromatic N) is 1. The third-order valence-corrected chi connectivity index (χ3v) is 4.60. The minimum Gasteiger partial charge on any atom is -0.481 e. The number of hydrogen-bond acceptors (Lipinski definition) is 4. The zero-order chi connectivity index (χ0) is 17.9. The summed E-state index contributed by atoms with van der Waals surface area (Å²) in [6.07, 6.45) is 0.780. The molecule has 25 heavy (non-hydrogen) atoms. The minimum atomic E-state index is -0.814. The molecule has 1 heterocycles. The molecule has 1 fully saturated rings. The first kappa shape index (κ1) is 21.4. The lowest BCUT2D eigenvalue weighted by molar-refractivity contribution is -0.143. The van der Waals surface area contributed by atoms with Crippen LogP contribution in [-0.2, 0) is 16.0 Å². The molecule has 0 radical (unpaired) electrons. The fourth-order valence-corrected chi connectivity index (χ4v) is 3.43. The van der Waals surface area contributed by atoms with Crippen LogP contribution in [0.4, 0.5) is 4.79 Å². The summed E-state index contributed by atoms with van der Waals surface area (Å²) in [6, 6.07) is 7.69. The van der Waals surface area contributed by atoms with Crippen LogP contribution < -0.4 is 6.15 Å². The molecular weight excluding hydrogens is 388 g/mol. The highest BCUT2D eigenvalue weighted by molar-refractivity contribution is 9.10. The highest BCUT2D eigenvalue weighted by atomic mass is 79.9. The van der Waals surface area contributed by atoms with E-state index in [1.807, 2.05) is 45.0 Å². The fourth-order valence-electron chi connectivity index (χ4n) is 2.98. The van der Waals surface area contributed by atoms with E-state index in [4.69, 9.17) is 4.74 Å². The van der Waals surface area contributed by atoms with Gasteiger partial charge in [-0.3, -0.25) is 4.79 Å². The van der Waals surface area contributed by atoms with E-state index in [1.165, 1.54) is 0 Å². The lowest BCUT2D eigenvalue weighted by atomic mass is 9.86. The number of amides is 1. The van der Waals surface area contributed by atoms with Crippen molar-refractivity contribution in [2.45, 2.75) is 39.2 Å². The van der Waals surface area contributed by atoms with Crippen LogP contribution in [0.5, 0.6) is 0 Å². The fraction of sp³-hybridized carbons (Fsp3) is 0.556. The van der Waals surface area contributed by atoms with Crippen molar-refractivity contribution >= 4 is 28.0 Å². The van der Waals surface area contributed by atoms with Crippen molar-refractivity contribution in [3.05, 3.63) is 34.3 Å². The molecule has 0 bridgehead atoms. The Labute approximate surface area is 157 Å². The van der Waals surface area contributed by atoms with Gasteiger partial charge in [-0.1, -0.05) is 28.1 Å². The van der Waals surface area contributed by atoms with Gasteiger partial charge in [0.05, 0.1) is 5.92 Å². The number of carbonyl (C=O) groups excluding carboxylic acids is 1. The number of hydrogen-bond donors (Lipinski definition) is 2. The normalized spacial score (nSPS) is 18.4. The van der Waals surface area contributed by atoms with Crippen LogP contribution in [0.2, 0.25) is 0 Å². The average Bonchev–Trinajstić information content (AvgIpc) is 2.92. The van der Waals surface area contributed by atoms with Gasteiger partial charge in [-0.2, -0.15) is 0 Å². The third kappa shape index (κ3) is 6.32. The topological polar surface area (TPSA) is 102 Å². The van der Waals surface area contributed by atoms with E-state index in [2.05, 4.69) is 15.9 Å². The second-order valence-corrected chi connectivity index (χ2v) is 8.17. The Morgan fingerprint density at radius 1 is 1.40 bits per heavy atom. The van der Waals surface area contributed by atoms with Gasteiger partial charge in [0.15, 0.2) is 0 Å². The van der Waals surface area contributed by atoms with Gasteiger partial charge in [0, 0.05) is 17.6 Å². The van der Waals surface area contributed by atoms with Crippen molar-refractivity contribution < 1.29 is 19.4 Å². The van der Waals surface area contributed by atoms with Crippen molar-refractivity contribution in [3.8, 4) is 0 Å². The first-order valence-corrected chi connectivity index (χ1v) is 8.90. The van der Waals surface area contributed by atoms with Crippen molar-refractivity contribution in [1.82, 2.24) is 11.1 Å². The van der Waals surface area contributed by atoms with Crippen LogP contribution in [0.15, 0.2) is 28.7 Å². The van der Waals surface area contributed by atoms with Gasteiger partial charge in [-0.15, -0.1) is 0 Å². The van der Waals surface area contributed by atoms with Crippen LogP contribution in [0.3, 0.4) is 0 Å². The smallest absolute Gasteiger partial charge is 0.410 e. The molecule has 1 amide bonds. The summed E-state index contributed by atoms with van der Waals surface area (Å²) in [6.45, 7) is 6.45. The molecule has 1 aromatic rings. The van der Waals surface area contributed by atoms with Crippen LogP contribution in [0.25, 0.3) is 0 Å². The van der Waals surface area contributed by atoms with E-state index in [0.717, 1.165) is 10.0 Å². The van der Waals surface area contributed by atoms with Crippen molar-refractivity contribution in [2.75, 3.05) is 13.1 Å². The maximum atomic E-state index is 12.2. The van der Waals surface area contributed by atoms with Gasteiger partial charge in [0.1, 0.15) is 5.60 Å². The number of rotatable bonds is 4. The first-order chi connectivity index (χ1) is 11.2. The van der Waals surface area contributed by atoms with Crippen molar-refractivity contribution in [2.24, 2.45) is 11.8 Å². The Balaban J connectivity index is 0.00000312. The molecule has 1 aromatic carbocycles. The van der Waals surface area contributed by atoms with Gasteiger partial charge < -0.3 is 20.9 Å². The van der Waals surface area contributed by atoms with Crippen LogP contribution in [0, 0.1) is 11.8 Å². The quantitative estimate of drug-likeness (QED) is 0.771. The van der Waals surface area contributed by atoms with E-state index in [1.54, 1.807) is 4.90 Å². The number of carboxylic acids is 1. The summed E-state index contributed by atoms with van der Waals surface area (Å²) in [5, 5.41) is 9.63. The molecule has 1 aliphatic rings. The minimum absolute atomic E-state index is 0. The highest BCUT2D eigenvalue weighted by Crippen LogP contribution is 2.29. The van der Waals surface area contributed by atoms with E-state index in [9.17, 15) is 14.7 Å². The molecular formula is C18H27BrN2O4. The summed E-state index contributed by atoms with van der Waals surface area (Å²) in [5.41, 5.74) is 0.435. The number of halogens is 1. The van der Waals surface area contributed by atoms with Crippen molar-refractivity contribution in [1.29, 1.82) is 0 Å². The molecule has 2 atom stereocenters. The largest absolute Gasteiger partial charge is 0.481 e. The average molecular weight is 415 g/mol. The molecule has 0 aromatic heterocycles. The van der Waals surface area contributed by atoms with Gasteiger partial charge in [0.25, 0.3) is 0 Å². The zero-order valence-corrected chi connectivity index (χ0v) is 16.6. The molecule has 2 rings (SSSR count). The lowest BCUT2D eigenvalue weighted by Crippen LogP contribution is -2.36. The van der Waals surface area contributed by atoms with Gasteiger partial charge in [0.2, 0.25) is 0 Å². The highest BCUT2D eigenvalue weighted by Gasteiger charge is 2.37. The maximum Gasteiger partial charge on any atom is 0.410 e. The molecule has 4 N–H and O–H groups in total. The Kier molecular flexibility index (Phi) is 7.44. The molecule has 0 unspecified atom stereocenters. The summed E-state index contributed by atoms with van der Waals surface area (Å²) in [7, 11) is 0. The summed E-state index contributed by atoms with van der Waals surface area (Å²) in [4.78, 5) is 25.5. The third-order valence-electron chi connectivity index (χ3n) is 4.11. The summed E-state index contributed by atoms with van der Waals surface area (Å²) >= 11 is 3.41. The van der Waals surface area contributed by atoms with E-state index >= 15 is 0 Å². The Bertz CT molecular complexity index is 615. The van der Waals surface area contributed by atoms with Gasteiger partial charge >= 0.3 is 12.1 Å². The summed E-state index contributed by atoms with van der Waals surface area (Å²) in [5.74, 6) is -1.38. The standard InChI is InChI=1S/C18H24BrNO4.H3N/c1-18(2,3)24-17(23)20-8-7-13(11-20)15(16(21)22)10-12-5-4-6-14(19)9-12;/h4-6,9,13,15H,7-8,10-11H2,1-3H3,(H,21,22);1H3/t13-,15-;/m1./s1. The lowest BCUT2D eigenvalue weighted by Gasteiger charge is -2.25. The number of carbonyl (C=O) groups is 2. The Hall–Kier alpha value is -1.60. The number of aliphatic carboxylic acids is 1. The molecule has 1 saturated heterocycles. The first-order valence-electron chi connectivity index (χ1n) is 8.11. The Morgan fingerprint density at radius 2 is 2.08 bits per heavy atom. The van der Waals surface area contributed by atoms with E-state index in [-0.39, 0.29) is 18.2 Å².